The number of alkyl halides is 3. The van der Waals surface area contributed by atoms with Crippen molar-refractivity contribution in [2.75, 3.05) is 7.11 Å². The molecule has 1 heterocycles. The number of nitrogens with one attached hydrogen (secondary N) is 1. The first-order valence-electron chi connectivity index (χ1n) is 5.36. The smallest absolute Gasteiger partial charge is 0.432 e. The first-order chi connectivity index (χ1) is 9.21. The van der Waals surface area contributed by atoms with E-state index in [1.54, 1.807) is 6.07 Å². The third-order valence-electron chi connectivity index (χ3n) is 2.92. The Kier molecular flexibility index (Phi) is 3.55. The van der Waals surface area contributed by atoms with Crippen molar-refractivity contribution >= 4 is 32.8 Å². The first kappa shape index (κ1) is 14.9. The highest BCUT2D eigenvalue weighted by atomic mass is 79.9. The normalized spacial score (nSPS) is 15.1. The number of carbonyl (C=O) groups excluding carboxylic acids is 1. The Bertz CT molecular complexity index is 668. The van der Waals surface area contributed by atoms with Gasteiger partial charge in [0.25, 0.3) is 5.60 Å². The van der Waals surface area contributed by atoms with Gasteiger partial charge in [-0.3, -0.25) is 0 Å². The fraction of sp³-hybridized carbons (Fsp3) is 0.250. The topological polar surface area (TPSA) is 62.3 Å². The maximum absolute atomic E-state index is 13.2. The number of fused-ring (bicyclic) bond motifs is 1. The standard InChI is InChI=1S/C12H9BrF3NO3/c1-20-10(18)11(19,12(14,15)16)8-5-17-9-3-2-6(13)4-7(8)9/h2-5,17,19H,1H3/t11-/m1/s1. The lowest BCUT2D eigenvalue weighted by Gasteiger charge is -2.27. The van der Waals surface area contributed by atoms with Gasteiger partial charge in [0.05, 0.1) is 7.11 Å². The number of hydrogen-bond donors (Lipinski definition) is 2. The zero-order valence-electron chi connectivity index (χ0n) is 10.1. The third-order valence-corrected chi connectivity index (χ3v) is 3.42. The molecule has 2 N–H and O–H groups in total. The number of benzene rings is 1. The van der Waals surface area contributed by atoms with Crippen LogP contribution in [0.1, 0.15) is 5.56 Å². The van der Waals surface area contributed by atoms with Gasteiger partial charge in [-0.25, -0.2) is 4.79 Å². The van der Waals surface area contributed by atoms with Crippen LogP contribution in [-0.2, 0) is 15.1 Å². The zero-order chi connectivity index (χ0) is 15.1. The van der Waals surface area contributed by atoms with Gasteiger partial charge in [0.2, 0.25) is 0 Å². The van der Waals surface area contributed by atoms with Crippen LogP contribution in [0, 0.1) is 0 Å². The maximum atomic E-state index is 13.2. The molecular formula is C12H9BrF3NO3. The summed E-state index contributed by atoms with van der Waals surface area (Å²) >= 11 is 3.13. The molecule has 20 heavy (non-hydrogen) atoms. The molecule has 2 rings (SSSR count). The SMILES string of the molecule is COC(=O)[C@](O)(c1c[nH]c2ccc(Br)cc12)C(F)(F)F. The fourth-order valence-electron chi connectivity index (χ4n) is 1.92. The second kappa shape index (κ2) is 4.78. The fourth-order valence-corrected chi connectivity index (χ4v) is 2.28. The van der Waals surface area contributed by atoms with Crippen molar-refractivity contribution in [2.24, 2.45) is 0 Å². The number of H-pyrrole nitrogens is 1. The van der Waals surface area contributed by atoms with E-state index in [1.807, 2.05) is 0 Å². The summed E-state index contributed by atoms with van der Waals surface area (Å²) in [6.45, 7) is 0. The van der Waals surface area contributed by atoms with Crippen LogP contribution in [0.15, 0.2) is 28.9 Å². The Morgan fingerprint density at radius 3 is 2.60 bits per heavy atom. The molecule has 108 valence electrons. The molecule has 0 amide bonds. The molecule has 1 atom stereocenters. The highest BCUT2D eigenvalue weighted by molar-refractivity contribution is 9.10. The number of methoxy groups -OCH3 is 1. The van der Waals surface area contributed by atoms with Crippen LogP contribution in [-0.4, -0.2) is 29.3 Å². The van der Waals surface area contributed by atoms with Crippen LogP contribution in [0.3, 0.4) is 0 Å². The molecule has 0 saturated carbocycles. The van der Waals surface area contributed by atoms with Gasteiger partial charge in [-0.05, 0) is 18.2 Å². The van der Waals surface area contributed by atoms with E-state index in [-0.39, 0.29) is 5.39 Å². The summed E-state index contributed by atoms with van der Waals surface area (Å²) in [4.78, 5) is 14.1. The Hall–Kier alpha value is -1.54. The summed E-state index contributed by atoms with van der Waals surface area (Å²) < 4.78 is 44.1. The molecule has 1 aromatic carbocycles. The predicted molar refractivity (Wildman–Crippen MR) is 68.0 cm³/mol. The van der Waals surface area contributed by atoms with E-state index in [4.69, 9.17) is 0 Å². The van der Waals surface area contributed by atoms with Crippen molar-refractivity contribution in [1.82, 2.24) is 4.98 Å². The van der Waals surface area contributed by atoms with Gasteiger partial charge in [0, 0.05) is 27.1 Å². The molecule has 0 aliphatic rings. The van der Waals surface area contributed by atoms with Crippen molar-refractivity contribution in [1.29, 1.82) is 0 Å². The predicted octanol–water partition coefficient (Wildman–Crippen LogP) is 2.85. The number of ether oxygens (including phenoxy) is 1. The molecule has 1 aromatic heterocycles. The number of esters is 1. The monoisotopic (exact) mass is 351 g/mol. The summed E-state index contributed by atoms with van der Waals surface area (Å²) in [5.74, 6) is -1.79. The quantitative estimate of drug-likeness (QED) is 0.818. The number of aliphatic hydroxyl groups is 1. The molecule has 0 unspecified atom stereocenters. The largest absolute Gasteiger partial charge is 0.466 e. The van der Waals surface area contributed by atoms with Gasteiger partial charge in [-0.15, -0.1) is 0 Å². The van der Waals surface area contributed by atoms with Crippen molar-refractivity contribution in [3.8, 4) is 0 Å². The van der Waals surface area contributed by atoms with Gasteiger partial charge < -0.3 is 14.8 Å². The summed E-state index contributed by atoms with van der Waals surface area (Å²) in [5, 5.41) is 10.0. The van der Waals surface area contributed by atoms with E-state index in [9.17, 15) is 23.1 Å². The molecule has 0 aliphatic heterocycles. The lowest BCUT2D eigenvalue weighted by Crippen LogP contribution is -2.49. The van der Waals surface area contributed by atoms with Crippen LogP contribution in [0.4, 0.5) is 13.2 Å². The molecule has 0 aliphatic carbocycles. The average molecular weight is 352 g/mol. The Balaban J connectivity index is 2.76. The minimum Gasteiger partial charge on any atom is -0.466 e. The van der Waals surface area contributed by atoms with Gasteiger partial charge in [-0.2, -0.15) is 13.2 Å². The molecule has 0 radical (unpaired) electrons. The molecule has 0 fully saturated rings. The number of rotatable bonds is 2. The average Bonchev–Trinajstić information content (AvgIpc) is 2.78. The van der Waals surface area contributed by atoms with E-state index < -0.39 is 23.3 Å². The minimum absolute atomic E-state index is 0.0737. The van der Waals surface area contributed by atoms with Gasteiger partial charge in [0.15, 0.2) is 0 Å². The van der Waals surface area contributed by atoms with E-state index >= 15 is 0 Å². The number of aromatic nitrogens is 1. The Morgan fingerprint density at radius 1 is 1.40 bits per heavy atom. The second-order valence-electron chi connectivity index (χ2n) is 4.09. The van der Waals surface area contributed by atoms with Crippen molar-refractivity contribution in [2.45, 2.75) is 11.8 Å². The molecule has 0 spiro atoms. The Morgan fingerprint density at radius 2 is 2.05 bits per heavy atom. The van der Waals surface area contributed by atoms with Crippen LogP contribution in [0.2, 0.25) is 0 Å². The van der Waals surface area contributed by atoms with Gasteiger partial charge in [-0.1, -0.05) is 15.9 Å². The zero-order valence-corrected chi connectivity index (χ0v) is 11.7. The van der Waals surface area contributed by atoms with Crippen LogP contribution in [0.5, 0.6) is 0 Å². The van der Waals surface area contributed by atoms with E-state index in [1.165, 1.54) is 12.1 Å². The lowest BCUT2D eigenvalue weighted by molar-refractivity contribution is -0.266. The van der Waals surface area contributed by atoms with Crippen LogP contribution >= 0.6 is 15.9 Å². The Labute approximate surface area is 119 Å². The van der Waals surface area contributed by atoms with Crippen molar-refractivity contribution < 1.29 is 27.8 Å². The van der Waals surface area contributed by atoms with Crippen molar-refractivity contribution in [3.63, 3.8) is 0 Å². The van der Waals surface area contributed by atoms with Crippen LogP contribution in [0.25, 0.3) is 10.9 Å². The second-order valence-corrected chi connectivity index (χ2v) is 5.01. The highest BCUT2D eigenvalue weighted by Crippen LogP contribution is 2.43. The highest BCUT2D eigenvalue weighted by Gasteiger charge is 2.62. The third kappa shape index (κ3) is 2.08. The van der Waals surface area contributed by atoms with Gasteiger partial charge in [0.1, 0.15) is 0 Å². The number of halogens is 4. The minimum atomic E-state index is -5.21. The molecule has 8 heteroatoms. The number of aromatic amines is 1. The maximum Gasteiger partial charge on any atom is 0.432 e. The molecule has 2 aromatic rings. The molecule has 4 nitrogen and oxygen atoms in total. The summed E-state index contributed by atoms with van der Waals surface area (Å²) in [6.07, 6.45) is -4.26. The molecular weight excluding hydrogens is 343 g/mol. The molecule has 0 bridgehead atoms. The van der Waals surface area contributed by atoms with Gasteiger partial charge >= 0.3 is 12.1 Å². The number of hydrogen-bond acceptors (Lipinski definition) is 3. The number of carbonyl (C=O) groups is 1. The van der Waals surface area contributed by atoms with Crippen molar-refractivity contribution in [3.05, 3.63) is 34.4 Å². The van der Waals surface area contributed by atoms with E-state index in [0.717, 1.165) is 13.3 Å². The van der Waals surface area contributed by atoms with E-state index in [0.29, 0.717) is 9.99 Å². The first-order valence-corrected chi connectivity index (χ1v) is 6.15. The molecule has 0 saturated heterocycles. The van der Waals surface area contributed by atoms with E-state index in [2.05, 4.69) is 25.7 Å². The lowest BCUT2D eigenvalue weighted by atomic mass is 9.92. The summed E-state index contributed by atoms with van der Waals surface area (Å²) in [6, 6.07) is 4.52. The summed E-state index contributed by atoms with van der Waals surface area (Å²) in [5.41, 5.74) is -3.97. The van der Waals surface area contributed by atoms with Crippen LogP contribution < -0.4 is 0 Å². The summed E-state index contributed by atoms with van der Waals surface area (Å²) in [7, 11) is 0.782.